The van der Waals surface area contributed by atoms with E-state index in [9.17, 15) is 9.59 Å². The SMILES string of the molecule is CN(C)CC(=O)N1CCN(c2ccc(Nc3nccc(-c4ccc(N5CCC[C@@H]5C(N)=O)cc4)n3)cc2)CC1. The van der Waals surface area contributed by atoms with Gasteiger partial charge in [-0.3, -0.25) is 9.59 Å². The third kappa shape index (κ3) is 6.28. The lowest BCUT2D eigenvalue weighted by Gasteiger charge is -2.36. The molecule has 204 valence electrons. The summed E-state index contributed by atoms with van der Waals surface area (Å²) in [4.78, 5) is 41.4. The smallest absolute Gasteiger partial charge is 0.240 e. The Kier molecular flexibility index (Phi) is 7.92. The summed E-state index contributed by atoms with van der Waals surface area (Å²) in [5, 5.41) is 3.30. The van der Waals surface area contributed by atoms with Crippen molar-refractivity contribution >= 4 is 34.8 Å². The normalized spacial score (nSPS) is 17.5. The molecule has 2 aliphatic rings. The van der Waals surface area contributed by atoms with Gasteiger partial charge in [0.1, 0.15) is 6.04 Å². The van der Waals surface area contributed by atoms with E-state index >= 15 is 0 Å². The highest BCUT2D eigenvalue weighted by molar-refractivity contribution is 5.84. The van der Waals surface area contributed by atoms with Crippen LogP contribution in [-0.2, 0) is 9.59 Å². The van der Waals surface area contributed by atoms with Crippen LogP contribution in [0.2, 0.25) is 0 Å². The average molecular weight is 529 g/mol. The van der Waals surface area contributed by atoms with Gasteiger partial charge in [-0.15, -0.1) is 0 Å². The lowest BCUT2D eigenvalue weighted by Crippen LogP contribution is -2.50. The first-order chi connectivity index (χ1) is 18.9. The summed E-state index contributed by atoms with van der Waals surface area (Å²) in [6.07, 6.45) is 3.51. The van der Waals surface area contributed by atoms with Gasteiger partial charge >= 0.3 is 0 Å². The van der Waals surface area contributed by atoms with Crippen molar-refractivity contribution in [3.05, 3.63) is 60.8 Å². The Bertz CT molecular complexity index is 1290. The Morgan fingerprint density at radius 1 is 0.949 bits per heavy atom. The van der Waals surface area contributed by atoms with Crippen molar-refractivity contribution in [1.29, 1.82) is 0 Å². The second-order valence-electron chi connectivity index (χ2n) is 10.3. The number of hydrogen-bond acceptors (Lipinski definition) is 8. The van der Waals surface area contributed by atoms with Gasteiger partial charge in [0.15, 0.2) is 0 Å². The molecule has 0 aliphatic carbocycles. The van der Waals surface area contributed by atoms with E-state index in [1.807, 2.05) is 66.4 Å². The van der Waals surface area contributed by atoms with Gasteiger partial charge in [-0.05, 0) is 69.4 Å². The lowest BCUT2D eigenvalue weighted by molar-refractivity contribution is -0.132. The van der Waals surface area contributed by atoms with Crippen LogP contribution < -0.4 is 20.9 Å². The van der Waals surface area contributed by atoms with Gasteiger partial charge in [0.2, 0.25) is 17.8 Å². The molecule has 3 N–H and O–H groups in total. The molecule has 3 aromatic rings. The molecule has 2 aliphatic heterocycles. The Labute approximate surface area is 229 Å². The molecule has 39 heavy (non-hydrogen) atoms. The number of amides is 2. The van der Waals surface area contributed by atoms with Gasteiger partial charge in [-0.1, -0.05) is 12.1 Å². The first kappa shape index (κ1) is 26.4. The van der Waals surface area contributed by atoms with Crippen LogP contribution in [0.15, 0.2) is 60.8 Å². The third-order valence-corrected chi connectivity index (χ3v) is 7.30. The number of aromatic nitrogens is 2. The van der Waals surface area contributed by atoms with Crippen LogP contribution in [0.5, 0.6) is 0 Å². The summed E-state index contributed by atoms with van der Waals surface area (Å²) in [5.74, 6) is 0.428. The number of benzene rings is 2. The number of piperazine rings is 1. The zero-order valence-electron chi connectivity index (χ0n) is 22.6. The van der Waals surface area contributed by atoms with Crippen LogP contribution in [0, 0.1) is 0 Å². The summed E-state index contributed by atoms with van der Waals surface area (Å²) in [7, 11) is 3.83. The third-order valence-electron chi connectivity index (χ3n) is 7.30. The van der Waals surface area contributed by atoms with Crippen molar-refractivity contribution in [3.8, 4) is 11.3 Å². The minimum atomic E-state index is -0.272. The maximum absolute atomic E-state index is 12.3. The predicted molar refractivity (Wildman–Crippen MR) is 154 cm³/mol. The number of anilines is 4. The Hall–Kier alpha value is -4.18. The monoisotopic (exact) mass is 528 g/mol. The van der Waals surface area contributed by atoms with Gasteiger partial charge in [-0.2, -0.15) is 0 Å². The molecule has 0 spiro atoms. The fraction of sp³-hybridized carbons (Fsp3) is 0.379. The number of likely N-dealkylation sites (N-methyl/N-ethyl adjacent to an activating group) is 1. The van der Waals surface area contributed by atoms with E-state index in [0.29, 0.717) is 12.5 Å². The number of carbonyl (C=O) groups excluding carboxylic acids is 2. The van der Waals surface area contributed by atoms with E-state index in [1.54, 1.807) is 6.20 Å². The number of nitrogens with two attached hydrogens (primary N) is 1. The zero-order valence-corrected chi connectivity index (χ0v) is 22.6. The zero-order chi connectivity index (χ0) is 27.4. The van der Waals surface area contributed by atoms with E-state index in [1.165, 1.54) is 0 Å². The van der Waals surface area contributed by atoms with Crippen molar-refractivity contribution in [2.24, 2.45) is 5.73 Å². The molecule has 10 heteroatoms. The van der Waals surface area contributed by atoms with Crippen molar-refractivity contribution < 1.29 is 9.59 Å². The molecule has 2 fully saturated rings. The summed E-state index contributed by atoms with van der Waals surface area (Å²) < 4.78 is 0. The molecule has 1 aromatic heterocycles. The van der Waals surface area contributed by atoms with Crippen molar-refractivity contribution in [3.63, 3.8) is 0 Å². The van der Waals surface area contributed by atoms with E-state index in [0.717, 1.165) is 73.9 Å². The number of primary amides is 1. The molecule has 2 saturated heterocycles. The fourth-order valence-corrected chi connectivity index (χ4v) is 5.24. The molecular weight excluding hydrogens is 492 g/mol. The van der Waals surface area contributed by atoms with E-state index < -0.39 is 0 Å². The molecule has 10 nitrogen and oxygen atoms in total. The topological polar surface area (TPSA) is 111 Å². The molecule has 0 unspecified atom stereocenters. The van der Waals surface area contributed by atoms with Gasteiger partial charge in [0.05, 0.1) is 12.2 Å². The van der Waals surface area contributed by atoms with Crippen LogP contribution in [0.25, 0.3) is 11.3 Å². The minimum Gasteiger partial charge on any atom is -0.368 e. The first-order valence-corrected chi connectivity index (χ1v) is 13.4. The Morgan fingerprint density at radius 2 is 1.64 bits per heavy atom. The number of carbonyl (C=O) groups is 2. The van der Waals surface area contributed by atoms with Crippen molar-refractivity contribution in [2.45, 2.75) is 18.9 Å². The molecule has 5 rings (SSSR count). The van der Waals surface area contributed by atoms with Gasteiger partial charge in [0, 0.05) is 61.5 Å². The Balaban J connectivity index is 1.19. The molecule has 2 aromatic carbocycles. The molecular formula is C29H36N8O2. The number of nitrogens with one attached hydrogen (secondary N) is 1. The van der Waals surface area contributed by atoms with E-state index in [-0.39, 0.29) is 17.9 Å². The standard InChI is InChI=1S/C29H36N8O2/c1-34(2)20-27(38)36-18-16-35(17-19-36)23-11-7-22(8-12-23)32-29-31-14-13-25(33-29)21-5-9-24(10-6-21)37-15-3-4-26(37)28(30)39/h5-14,26H,3-4,15-20H2,1-2H3,(H2,30,39)(H,31,32,33)/t26-/m1/s1. The second kappa shape index (κ2) is 11.7. The molecule has 2 amide bonds. The highest BCUT2D eigenvalue weighted by Crippen LogP contribution is 2.28. The van der Waals surface area contributed by atoms with Crippen LogP contribution in [0.3, 0.4) is 0 Å². The van der Waals surface area contributed by atoms with Crippen LogP contribution in [0.1, 0.15) is 12.8 Å². The quantitative estimate of drug-likeness (QED) is 0.459. The highest BCUT2D eigenvalue weighted by Gasteiger charge is 2.29. The largest absolute Gasteiger partial charge is 0.368 e. The maximum Gasteiger partial charge on any atom is 0.240 e. The summed E-state index contributed by atoms with van der Waals surface area (Å²) >= 11 is 0. The molecule has 0 bridgehead atoms. The lowest BCUT2D eigenvalue weighted by atomic mass is 10.1. The van der Waals surface area contributed by atoms with Crippen molar-refractivity contribution in [2.75, 3.05) is 68.5 Å². The van der Waals surface area contributed by atoms with Crippen LogP contribution in [-0.4, -0.2) is 91.0 Å². The maximum atomic E-state index is 12.3. The number of rotatable bonds is 8. The first-order valence-electron chi connectivity index (χ1n) is 13.4. The highest BCUT2D eigenvalue weighted by atomic mass is 16.2. The molecule has 0 radical (unpaired) electrons. The molecule has 1 atom stereocenters. The summed E-state index contributed by atoms with van der Waals surface area (Å²) in [5.41, 5.74) is 10.4. The predicted octanol–water partition coefficient (Wildman–Crippen LogP) is 2.55. The average Bonchev–Trinajstić information content (AvgIpc) is 3.44. The number of hydrogen-bond donors (Lipinski definition) is 2. The minimum absolute atomic E-state index is 0.181. The molecule has 0 saturated carbocycles. The number of nitrogens with zero attached hydrogens (tertiary/aromatic N) is 6. The summed E-state index contributed by atoms with van der Waals surface area (Å²) in [6.45, 7) is 4.38. The summed E-state index contributed by atoms with van der Waals surface area (Å²) in [6, 6.07) is 17.9. The van der Waals surface area contributed by atoms with E-state index in [4.69, 9.17) is 10.7 Å². The molecule has 3 heterocycles. The second-order valence-corrected chi connectivity index (χ2v) is 10.3. The van der Waals surface area contributed by atoms with Gasteiger partial charge < -0.3 is 30.7 Å². The van der Waals surface area contributed by atoms with Crippen LogP contribution >= 0.6 is 0 Å². The van der Waals surface area contributed by atoms with Gasteiger partial charge in [-0.25, -0.2) is 9.97 Å². The van der Waals surface area contributed by atoms with Crippen molar-refractivity contribution in [1.82, 2.24) is 19.8 Å². The fourth-order valence-electron chi connectivity index (χ4n) is 5.24. The van der Waals surface area contributed by atoms with Crippen LogP contribution in [0.4, 0.5) is 23.0 Å². The van der Waals surface area contributed by atoms with Gasteiger partial charge in [0.25, 0.3) is 0 Å². The Morgan fingerprint density at radius 3 is 2.31 bits per heavy atom. The van der Waals surface area contributed by atoms with E-state index in [2.05, 4.69) is 32.2 Å².